The van der Waals surface area contributed by atoms with Crippen LogP contribution in [0.25, 0.3) is 0 Å². The van der Waals surface area contributed by atoms with E-state index in [1.165, 1.54) is 32.1 Å². The first-order valence-corrected chi connectivity index (χ1v) is 13.9. The van der Waals surface area contributed by atoms with Gasteiger partial charge < -0.3 is 20.4 Å². The monoisotopic (exact) mass is 470 g/mol. The number of aliphatic hydroxyl groups is 4. The van der Waals surface area contributed by atoms with Gasteiger partial charge in [-0.1, -0.05) is 48.5 Å². The molecule has 0 aromatic heterocycles. The molecule has 2 saturated carbocycles. The highest BCUT2D eigenvalue weighted by atomic mass is 16.3. The molecule has 0 amide bonds. The molecule has 2 rings (SSSR count). The maximum Gasteiger partial charge on any atom is 0.0616 e. The number of aliphatic hydroxyl groups excluding tert-OH is 4. The fourth-order valence-corrected chi connectivity index (χ4v) is 6.44. The van der Waals surface area contributed by atoms with Crippen molar-refractivity contribution < 1.29 is 20.4 Å². The molecule has 0 saturated heterocycles. The number of hydrogen-bond donors (Lipinski definition) is 4. The Morgan fingerprint density at radius 2 is 1.39 bits per heavy atom. The Morgan fingerprint density at radius 3 is 1.85 bits per heavy atom. The van der Waals surface area contributed by atoms with Crippen LogP contribution in [0.3, 0.4) is 0 Å². The second-order valence-corrected chi connectivity index (χ2v) is 12.9. The molecule has 6 atom stereocenters. The second-order valence-electron chi connectivity index (χ2n) is 12.9. The molecule has 198 valence electrons. The lowest BCUT2D eigenvalue weighted by Gasteiger charge is -2.50. The predicted molar refractivity (Wildman–Crippen MR) is 139 cm³/mol. The predicted octanol–water partition coefficient (Wildman–Crippen LogP) is 6.05. The van der Waals surface area contributed by atoms with Crippen molar-refractivity contribution in [3.63, 3.8) is 0 Å². The van der Waals surface area contributed by atoms with Gasteiger partial charge in [0, 0.05) is 19.1 Å². The van der Waals surface area contributed by atoms with E-state index in [1.807, 2.05) is 13.8 Å². The molecule has 0 spiro atoms. The van der Waals surface area contributed by atoms with Crippen LogP contribution in [0.5, 0.6) is 0 Å². The van der Waals surface area contributed by atoms with E-state index in [4.69, 9.17) is 5.11 Å². The highest BCUT2D eigenvalue weighted by Crippen LogP contribution is 2.53. The Kier molecular flexibility index (Phi) is 12.9. The van der Waals surface area contributed by atoms with Gasteiger partial charge in [-0.15, -0.1) is 0 Å². The van der Waals surface area contributed by atoms with Gasteiger partial charge in [0.25, 0.3) is 0 Å². The molecule has 0 aliphatic heterocycles. The smallest absolute Gasteiger partial charge is 0.0616 e. The van der Waals surface area contributed by atoms with Crippen molar-refractivity contribution >= 4 is 0 Å². The van der Waals surface area contributed by atoms with Gasteiger partial charge in [0.05, 0.1) is 12.2 Å². The van der Waals surface area contributed by atoms with Gasteiger partial charge in [-0.2, -0.15) is 0 Å². The van der Waals surface area contributed by atoms with Crippen LogP contribution >= 0.6 is 0 Å². The summed E-state index contributed by atoms with van der Waals surface area (Å²) in [6.07, 6.45) is 9.96. The molecule has 0 radical (unpaired) electrons. The van der Waals surface area contributed by atoms with E-state index in [0.29, 0.717) is 23.9 Å². The maximum absolute atomic E-state index is 10.4. The molecule has 2 fully saturated rings. The van der Waals surface area contributed by atoms with Crippen molar-refractivity contribution in [3.05, 3.63) is 0 Å². The van der Waals surface area contributed by atoms with Crippen LogP contribution in [-0.2, 0) is 0 Å². The minimum atomic E-state index is -0.340. The summed E-state index contributed by atoms with van der Waals surface area (Å²) in [5.41, 5.74) is 0.626. The third-order valence-electron chi connectivity index (χ3n) is 9.77. The Morgan fingerprint density at radius 1 is 0.879 bits per heavy atom. The van der Waals surface area contributed by atoms with Crippen LogP contribution < -0.4 is 0 Å². The lowest BCUT2D eigenvalue weighted by atomic mass is 9.55. The average molecular weight is 471 g/mol. The van der Waals surface area contributed by atoms with Crippen molar-refractivity contribution in [2.75, 3.05) is 13.2 Å². The largest absolute Gasteiger partial charge is 0.396 e. The highest BCUT2D eigenvalue weighted by Gasteiger charge is 2.45. The summed E-state index contributed by atoms with van der Waals surface area (Å²) in [5, 5.41) is 37.8. The summed E-state index contributed by atoms with van der Waals surface area (Å²) < 4.78 is 0. The van der Waals surface area contributed by atoms with Crippen LogP contribution in [-0.4, -0.2) is 45.8 Å². The SMILES string of the molecule is CC(O)C(C)CCC(C)(C)C1CCC(C(C)(C)C2CC(C)C(O)C(CO)C2)CC1.CCCO. The summed E-state index contributed by atoms with van der Waals surface area (Å²) in [6, 6.07) is 0. The third kappa shape index (κ3) is 8.78. The van der Waals surface area contributed by atoms with E-state index in [1.54, 1.807) is 0 Å². The molecular weight excluding hydrogens is 412 g/mol. The Labute approximate surface area is 205 Å². The van der Waals surface area contributed by atoms with Crippen LogP contribution in [0.1, 0.15) is 113 Å². The summed E-state index contributed by atoms with van der Waals surface area (Å²) in [7, 11) is 0. The van der Waals surface area contributed by atoms with E-state index in [0.717, 1.165) is 37.5 Å². The van der Waals surface area contributed by atoms with Crippen LogP contribution in [0.4, 0.5) is 0 Å². The molecule has 2 aliphatic rings. The summed E-state index contributed by atoms with van der Waals surface area (Å²) in [4.78, 5) is 0. The summed E-state index contributed by atoms with van der Waals surface area (Å²) >= 11 is 0. The second kappa shape index (κ2) is 13.8. The van der Waals surface area contributed by atoms with Gasteiger partial charge in [0.1, 0.15) is 0 Å². The lowest BCUT2D eigenvalue weighted by Crippen LogP contribution is -2.45. The van der Waals surface area contributed by atoms with Gasteiger partial charge in [-0.3, -0.25) is 0 Å². The van der Waals surface area contributed by atoms with E-state index in [9.17, 15) is 15.3 Å². The molecule has 33 heavy (non-hydrogen) atoms. The van der Waals surface area contributed by atoms with Crippen molar-refractivity contribution in [1.29, 1.82) is 0 Å². The van der Waals surface area contributed by atoms with E-state index in [-0.39, 0.29) is 36.1 Å². The van der Waals surface area contributed by atoms with Crippen molar-refractivity contribution in [2.24, 2.45) is 46.3 Å². The topological polar surface area (TPSA) is 80.9 Å². The molecule has 4 nitrogen and oxygen atoms in total. The maximum atomic E-state index is 10.4. The molecule has 4 N–H and O–H groups in total. The molecule has 0 bridgehead atoms. The van der Waals surface area contributed by atoms with Gasteiger partial charge in [-0.25, -0.2) is 0 Å². The normalized spacial score (nSPS) is 33.1. The van der Waals surface area contributed by atoms with Gasteiger partial charge in [0.2, 0.25) is 0 Å². The first-order valence-electron chi connectivity index (χ1n) is 13.9. The molecule has 2 aliphatic carbocycles. The molecule has 0 heterocycles. The zero-order valence-electron chi connectivity index (χ0n) is 23.2. The van der Waals surface area contributed by atoms with Crippen LogP contribution in [0, 0.1) is 46.3 Å². The minimum absolute atomic E-state index is 0.0502. The first kappa shape index (κ1) is 30.9. The molecule has 0 aromatic rings. The van der Waals surface area contributed by atoms with E-state index >= 15 is 0 Å². The van der Waals surface area contributed by atoms with Crippen molar-refractivity contribution in [2.45, 2.75) is 125 Å². The fourth-order valence-electron chi connectivity index (χ4n) is 6.44. The molecule has 0 aromatic carbocycles. The van der Waals surface area contributed by atoms with E-state index < -0.39 is 0 Å². The number of rotatable bonds is 9. The molecular formula is C29H58O4. The van der Waals surface area contributed by atoms with Gasteiger partial charge >= 0.3 is 0 Å². The third-order valence-corrected chi connectivity index (χ3v) is 9.77. The Hall–Kier alpha value is -0.160. The molecule has 4 heteroatoms. The Balaban J connectivity index is 0.00000125. The summed E-state index contributed by atoms with van der Waals surface area (Å²) in [6.45, 7) is 18.4. The summed E-state index contributed by atoms with van der Waals surface area (Å²) in [5.74, 6) is 2.85. The van der Waals surface area contributed by atoms with Crippen molar-refractivity contribution in [3.8, 4) is 0 Å². The van der Waals surface area contributed by atoms with Crippen molar-refractivity contribution in [1.82, 2.24) is 0 Å². The quantitative estimate of drug-likeness (QED) is 0.331. The fraction of sp³-hybridized carbons (Fsp3) is 1.00. The zero-order valence-corrected chi connectivity index (χ0v) is 23.2. The van der Waals surface area contributed by atoms with Crippen LogP contribution in [0.15, 0.2) is 0 Å². The molecule has 6 unspecified atom stereocenters. The lowest BCUT2D eigenvalue weighted by molar-refractivity contribution is -0.0636. The van der Waals surface area contributed by atoms with Gasteiger partial charge in [-0.05, 0) is 105 Å². The average Bonchev–Trinajstić information content (AvgIpc) is 2.79. The Bertz CT molecular complexity index is 520. The van der Waals surface area contributed by atoms with Crippen LogP contribution in [0.2, 0.25) is 0 Å². The van der Waals surface area contributed by atoms with Gasteiger partial charge in [0.15, 0.2) is 0 Å². The zero-order chi connectivity index (χ0) is 25.4. The standard InChI is InChI=1S/C26H50O3.C3H8O/c1-17(19(3)28)12-13-25(4,5)21-8-10-22(11-9-21)26(6,7)23-14-18(2)24(29)20(15-23)16-27;1-2-3-4/h17-24,27-29H,8-16H2,1-7H3;4H,2-3H2,1H3. The minimum Gasteiger partial charge on any atom is -0.396 e. The van der Waals surface area contributed by atoms with E-state index in [2.05, 4.69) is 41.5 Å². The first-order chi connectivity index (χ1) is 15.3. The highest BCUT2D eigenvalue weighted by molar-refractivity contribution is 4.95. The number of hydrogen-bond acceptors (Lipinski definition) is 4.